The van der Waals surface area contributed by atoms with Gasteiger partial charge in [0.1, 0.15) is 23.6 Å². The summed E-state index contributed by atoms with van der Waals surface area (Å²) in [5.41, 5.74) is 5.72. The number of hydrogen-bond donors (Lipinski definition) is 2. The van der Waals surface area contributed by atoms with Crippen LogP contribution in [0.25, 0.3) is 0 Å². The van der Waals surface area contributed by atoms with Crippen LogP contribution >= 0.6 is 27.5 Å². The van der Waals surface area contributed by atoms with E-state index < -0.39 is 11.6 Å². The predicted molar refractivity (Wildman–Crippen MR) is 68.8 cm³/mol. The van der Waals surface area contributed by atoms with E-state index in [9.17, 15) is 8.78 Å². The fourth-order valence-electron chi connectivity index (χ4n) is 1.22. The molecular formula is C10H6BrClF2N4. The van der Waals surface area contributed by atoms with Crippen molar-refractivity contribution in [1.82, 2.24) is 9.97 Å². The minimum absolute atomic E-state index is 0.0183. The Morgan fingerprint density at radius 3 is 2.67 bits per heavy atom. The molecule has 0 fully saturated rings. The van der Waals surface area contributed by atoms with E-state index in [0.29, 0.717) is 0 Å². The number of aromatic nitrogens is 2. The first kappa shape index (κ1) is 13.0. The summed E-state index contributed by atoms with van der Waals surface area (Å²) in [6.07, 6.45) is 1.18. The third-order valence-electron chi connectivity index (χ3n) is 2.10. The van der Waals surface area contributed by atoms with Gasteiger partial charge in [-0.2, -0.15) is 0 Å². The largest absolute Gasteiger partial charge is 0.393 e. The number of nitrogens with one attached hydrogen (secondary N) is 1. The minimum atomic E-state index is -0.773. The minimum Gasteiger partial charge on any atom is -0.393 e. The molecule has 0 aliphatic rings. The third kappa shape index (κ3) is 2.51. The molecule has 94 valence electrons. The van der Waals surface area contributed by atoms with Gasteiger partial charge >= 0.3 is 0 Å². The molecule has 0 radical (unpaired) electrons. The van der Waals surface area contributed by atoms with Crippen molar-refractivity contribution in [1.29, 1.82) is 0 Å². The lowest BCUT2D eigenvalue weighted by Gasteiger charge is -2.10. The molecule has 2 aromatic rings. The van der Waals surface area contributed by atoms with Crippen LogP contribution in [0.1, 0.15) is 0 Å². The standard InChI is InChI=1S/C10H6BrClF2N4/c11-4-1-7(6(14)2-5(4)13)18-10-8(15)9(12)16-3-17-10/h1-3H,15H2,(H,16,17,18). The smallest absolute Gasteiger partial charge is 0.158 e. The van der Waals surface area contributed by atoms with Crippen molar-refractivity contribution in [2.45, 2.75) is 0 Å². The highest BCUT2D eigenvalue weighted by molar-refractivity contribution is 9.10. The molecule has 0 saturated carbocycles. The number of nitrogen functional groups attached to an aromatic ring is 1. The SMILES string of the molecule is Nc1c(Cl)ncnc1Nc1cc(Br)c(F)cc1F. The van der Waals surface area contributed by atoms with E-state index in [2.05, 4.69) is 31.2 Å². The molecular weight excluding hydrogens is 329 g/mol. The Kier molecular flexibility index (Phi) is 3.63. The first-order valence-electron chi connectivity index (χ1n) is 4.66. The van der Waals surface area contributed by atoms with Gasteiger partial charge in [0.2, 0.25) is 0 Å². The second kappa shape index (κ2) is 5.03. The van der Waals surface area contributed by atoms with E-state index >= 15 is 0 Å². The molecule has 18 heavy (non-hydrogen) atoms. The molecule has 0 atom stereocenters. The summed E-state index contributed by atoms with van der Waals surface area (Å²) in [7, 11) is 0. The van der Waals surface area contributed by atoms with Crippen molar-refractivity contribution in [3.8, 4) is 0 Å². The van der Waals surface area contributed by atoms with Gasteiger partial charge in [-0.3, -0.25) is 0 Å². The Balaban J connectivity index is 2.40. The zero-order valence-corrected chi connectivity index (χ0v) is 11.1. The molecule has 0 aliphatic heterocycles. The van der Waals surface area contributed by atoms with Crippen molar-refractivity contribution in [2.24, 2.45) is 0 Å². The van der Waals surface area contributed by atoms with E-state index in [-0.39, 0.29) is 26.8 Å². The summed E-state index contributed by atoms with van der Waals surface area (Å²) < 4.78 is 26.7. The monoisotopic (exact) mass is 334 g/mol. The van der Waals surface area contributed by atoms with Gasteiger partial charge < -0.3 is 11.1 Å². The van der Waals surface area contributed by atoms with Crippen LogP contribution in [0.15, 0.2) is 22.9 Å². The van der Waals surface area contributed by atoms with Crippen LogP contribution in [-0.2, 0) is 0 Å². The van der Waals surface area contributed by atoms with Gasteiger partial charge in [0.05, 0.1) is 10.2 Å². The molecule has 0 spiro atoms. The Labute approximate surface area is 114 Å². The van der Waals surface area contributed by atoms with Crippen LogP contribution in [0.5, 0.6) is 0 Å². The van der Waals surface area contributed by atoms with Gasteiger partial charge in [-0.1, -0.05) is 11.6 Å². The molecule has 1 heterocycles. The Bertz CT molecular complexity index is 609. The van der Waals surface area contributed by atoms with Crippen LogP contribution in [0.3, 0.4) is 0 Å². The van der Waals surface area contributed by atoms with Crippen molar-refractivity contribution in [3.05, 3.63) is 39.7 Å². The van der Waals surface area contributed by atoms with Crippen molar-refractivity contribution in [3.63, 3.8) is 0 Å². The molecule has 3 N–H and O–H groups in total. The summed E-state index contributed by atoms with van der Waals surface area (Å²) >= 11 is 8.65. The highest BCUT2D eigenvalue weighted by Gasteiger charge is 2.11. The van der Waals surface area contributed by atoms with E-state index in [1.54, 1.807) is 0 Å². The molecule has 1 aromatic carbocycles. The van der Waals surface area contributed by atoms with Gasteiger partial charge in [-0.05, 0) is 22.0 Å². The van der Waals surface area contributed by atoms with Gasteiger partial charge in [-0.25, -0.2) is 18.7 Å². The number of anilines is 3. The average molecular weight is 336 g/mol. The molecule has 0 amide bonds. The van der Waals surface area contributed by atoms with Crippen LogP contribution in [0.2, 0.25) is 5.15 Å². The highest BCUT2D eigenvalue weighted by Crippen LogP contribution is 2.29. The van der Waals surface area contributed by atoms with Gasteiger partial charge in [0, 0.05) is 6.07 Å². The maximum atomic E-state index is 13.5. The van der Waals surface area contributed by atoms with Crippen LogP contribution in [-0.4, -0.2) is 9.97 Å². The highest BCUT2D eigenvalue weighted by atomic mass is 79.9. The number of benzene rings is 1. The lowest BCUT2D eigenvalue weighted by Crippen LogP contribution is -2.02. The zero-order chi connectivity index (χ0) is 13.3. The van der Waals surface area contributed by atoms with Crippen molar-refractivity contribution >= 4 is 44.7 Å². The summed E-state index contributed by atoms with van der Waals surface area (Å²) in [4.78, 5) is 7.48. The topological polar surface area (TPSA) is 63.8 Å². The normalized spacial score (nSPS) is 10.4. The quantitative estimate of drug-likeness (QED) is 0.651. The van der Waals surface area contributed by atoms with Crippen LogP contribution in [0.4, 0.5) is 26.0 Å². The molecule has 8 heteroatoms. The second-order valence-electron chi connectivity index (χ2n) is 3.30. The Hall–Kier alpha value is -1.47. The molecule has 0 unspecified atom stereocenters. The fourth-order valence-corrected chi connectivity index (χ4v) is 1.70. The molecule has 4 nitrogen and oxygen atoms in total. The molecule has 0 aliphatic carbocycles. The van der Waals surface area contributed by atoms with Crippen molar-refractivity contribution < 1.29 is 8.78 Å². The van der Waals surface area contributed by atoms with E-state index in [0.717, 1.165) is 6.07 Å². The number of rotatable bonds is 2. The number of hydrogen-bond acceptors (Lipinski definition) is 4. The van der Waals surface area contributed by atoms with Gasteiger partial charge in [-0.15, -0.1) is 0 Å². The zero-order valence-electron chi connectivity index (χ0n) is 8.72. The maximum Gasteiger partial charge on any atom is 0.158 e. The van der Waals surface area contributed by atoms with E-state index in [4.69, 9.17) is 17.3 Å². The number of nitrogens with zero attached hydrogens (tertiary/aromatic N) is 2. The van der Waals surface area contributed by atoms with E-state index in [1.165, 1.54) is 12.4 Å². The molecule has 0 saturated heterocycles. The fraction of sp³-hybridized carbons (Fsp3) is 0. The summed E-state index contributed by atoms with van der Waals surface area (Å²) in [6.45, 7) is 0. The lowest BCUT2D eigenvalue weighted by molar-refractivity contribution is 0.581. The summed E-state index contributed by atoms with van der Waals surface area (Å²) in [5, 5.41) is 2.67. The van der Waals surface area contributed by atoms with Crippen molar-refractivity contribution in [2.75, 3.05) is 11.1 Å². The van der Waals surface area contributed by atoms with Crippen LogP contribution < -0.4 is 11.1 Å². The van der Waals surface area contributed by atoms with Crippen LogP contribution in [0, 0.1) is 11.6 Å². The third-order valence-corrected chi connectivity index (χ3v) is 3.01. The first-order chi connectivity index (χ1) is 8.49. The van der Waals surface area contributed by atoms with E-state index in [1.807, 2.05) is 0 Å². The Morgan fingerprint density at radius 1 is 1.22 bits per heavy atom. The van der Waals surface area contributed by atoms with Gasteiger partial charge in [0.25, 0.3) is 0 Å². The molecule has 1 aromatic heterocycles. The summed E-state index contributed by atoms with van der Waals surface area (Å²) in [5.74, 6) is -1.33. The Morgan fingerprint density at radius 2 is 1.94 bits per heavy atom. The average Bonchev–Trinajstić information content (AvgIpc) is 2.32. The predicted octanol–water partition coefficient (Wildman–Crippen LogP) is 3.50. The first-order valence-corrected chi connectivity index (χ1v) is 5.83. The lowest BCUT2D eigenvalue weighted by atomic mass is 10.3. The number of nitrogens with two attached hydrogens (primary N) is 1. The molecule has 0 bridgehead atoms. The second-order valence-corrected chi connectivity index (χ2v) is 4.51. The summed E-state index contributed by atoms with van der Waals surface area (Å²) in [6, 6.07) is 1.98. The maximum absolute atomic E-state index is 13.5. The molecule has 2 rings (SSSR count). The number of halogens is 4. The van der Waals surface area contributed by atoms with Gasteiger partial charge in [0.15, 0.2) is 11.0 Å².